The molecule has 1 atom stereocenters. The Balaban J connectivity index is 1.23. The van der Waals surface area contributed by atoms with E-state index in [1.54, 1.807) is 42.5 Å². The van der Waals surface area contributed by atoms with E-state index in [9.17, 15) is 19.5 Å². The van der Waals surface area contributed by atoms with Crippen LogP contribution in [0.15, 0.2) is 71.2 Å². The molecule has 3 aromatic rings. The van der Waals surface area contributed by atoms with Crippen molar-refractivity contribution in [1.29, 1.82) is 0 Å². The molecule has 0 aliphatic heterocycles. The van der Waals surface area contributed by atoms with Gasteiger partial charge in [-0.3, -0.25) is 20.4 Å². The first-order chi connectivity index (χ1) is 19.7. The normalized spacial score (nSPS) is 17.2. The van der Waals surface area contributed by atoms with Crippen molar-refractivity contribution in [2.45, 2.75) is 44.8 Å². The summed E-state index contributed by atoms with van der Waals surface area (Å²) < 4.78 is 6.72. The molecule has 0 heterocycles. The molecule has 3 aromatic carbocycles. The maximum Gasteiger partial charge on any atom is 0.326 e. The first kappa shape index (κ1) is 30.7. The van der Waals surface area contributed by atoms with Crippen molar-refractivity contribution in [1.82, 2.24) is 10.7 Å². The number of anilines is 1. The van der Waals surface area contributed by atoms with Crippen LogP contribution < -0.4 is 20.9 Å². The maximum atomic E-state index is 12.9. The minimum Gasteiger partial charge on any atom is -0.489 e. The Hall–Kier alpha value is -3.27. The molecular formula is C30H30BrCl2N3O5. The lowest BCUT2D eigenvalue weighted by atomic mass is 9.81. The van der Waals surface area contributed by atoms with Gasteiger partial charge in [0, 0.05) is 38.3 Å². The minimum atomic E-state index is -1.11. The molecule has 0 radical (unpaired) electrons. The van der Waals surface area contributed by atoms with Gasteiger partial charge < -0.3 is 15.2 Å². The Morgan fingerprint density at radius 1 is 0.878 bits per heavy atom. The van der Waals surface area contributed by atoms with Gasteiger partial charge in [0.05, 0.1) is 5.69 Å². The third-order valence-corrected chi connectivity index (χ3v) is 8.30. The number of amides is 2. The zero-order chi connectivity index (χ0) is 29.4. The number of carboxylic acid groups (broad SMARTS) is 1. The number of halogens is 3. The number of carbonyl (C=O) groups is 3. The van der Waals surface area contributed by atoms with Gasteiger partial charge in [0.25, 0.3) is 0 Å². The van der Waals surface area contributed by atoms with E-state index in [0.29, 0.717) is 47.0 Å². The van der Waals surface area contributed by atoms with Crippen LogP contribution in [-0.4, -0.2) is 28.9 Å². The highest BCUT2D eigenvalue weighted by atomic mass is 79.9. The summed E-state index contributed by atoms with van der Waals surface area (Å²) in [5.41, 5.74) is 7.81. The fraction of sp³-hybridized carbons (Fsp3) is 0.300. The van der Waals surface area contributed by atoms with Gasteiger partial charge in [-0.1, -0.05) is 57.3 Å². The summed E-state index contributed by atoms with van der Waals surface area (Å²) in [5, 5.41) is 13.5. The predicted molar refractivity (Wildman–Crippen MR) is 162 cm³/mol. The van der Waals surface area contributed by atoms with Gasteiger partial charge in [-0.05, 0) is 79.8 Å². The van der Waals surface area contributed by atoms with Crippen molar-refractivity contribution in [2.24, 2.45) is 11.8 Å². The highest BCUT2D eigenvalue weighted by Crippen LogP contribution is 2.30. The summed E-state index contributed by atoms with van der Waals surface area (Å²) in [4.78, 5) is 37.4. The quantitative estimate of drug-likeness (QED) is 0.177. The third kappa shape index (κ3) is 8.86. The SMILES string of the molecule is O=C(NNc1ccc(Br)cc1)C1CCC(C(=O)N[C@@H](Cc2ccc(OCc3c(Cl)cccc3Cl)cc2)C(=O)O)CC1. The largest absolute Gasteiger partial charge is 0.489 e. The van der Waals surface area contributed by atoms with Crippen molar-refractivity contribution in [3.05, 3.63) is 92.4 Å². The van der Waals surface area contributed by atoms with E-state index in [2.05, 4.69) is 32.1 Å². The average Bonchev–Trinajstić information content (AvgIpc) is 2.97. The van der Waals surface area contributed by atoms with Gasteiger partial charge >= 0.3 is 5.97 Å². The highest BCUT2D eigenvalue weighted by Gasteiger charge is 2.32. The lowest BCUT2D eigenvalue weighted by Gasteiger charge is -2.28. The van der Waals surface area contributed by atoms with Crippen molar-refractivity contribution in [2.75, 3.05) is 5.43 Å². The molecule has 11 heteroatoms. The molecule has 0 spiro atoms. The second-order valence-corrected chi connectivity index (χ2v) is 11.6. The average molecular weight is 663 g/mol. The summed E-state index contributed by atoms with van der Waals surface area (Å²) in [7, 11) is 0. The summed E-state index contributed by atoms with van der Waals surface area (Å²) in [6.07, 6.45) is 2.23. The predicted octanol–water partition coefficient (Wildman–Crippen LogP) is 6.40. The van der Waals surface area contributed by atoms with Crippen LogP contribution >= 0.6 is 39.1 Å². The van der Waals surface area contributed by atoms with E-state index in [-0.39, 0.29) is 36.7 Å². The number of carboxylic acids is 1. The molecular weight excluding hydrogens is 633 g/mol. The summed E-state index contributed by atoms with van der Waals surface area (Å²) in [6, 6.07) is 18.6. The number of hydrogen-bond acceptors (Lipinski definition) is 5. The van der Waals surface area contributed by atoms with Crippen molar-refractivity contribution < 1.29 is 24.2 Å². The number of carbonyl (C=O) groups excluding carboxylic acids is 2. The van der Waals surface area contributed by atoms with Crippen LogP contribution in [-0.2, 0) is 27.4 Å². The lowest BCUT2D eigenvalue weighted by molar-refractivity contribution is -0.142. The van der Waals surface area contributed by atoms with Crippen LogP contribution in [0.1, 0.15) is 36.8 Å². The number of nitrogens with one attached hydrogen (secondary N) is 3. The van der Waals surface area contributed by atoms with Crippen molar-refractivity contribution in [3.63, 3.8) is 0 Å². The van der Waals surface area contributed by atoms with Crippen LogP contribution in [0.5, 0.6) is 5.75 Å². The summed E-state index contributed by atoms with van der Waals surface area (Å²) in [5.74, 6) is -1.52. The second-order valence-electron chi connectivity index (χ2n) is 9.91. The molecule has 41 heavy (non-hydrogen) atoms. The molecule has 1 fully saturated rings. The lowest BCUT2D eigenvalue weighted by Crippen LogP contribution is -2.46. The second kappa shape index (κ2) is 14.6. The standard InChI is InChI=1S/C30H30BrCl2N3O5/c31-21-10-12-22(13-11-21)35-36-29(38)20-8-6-19(7-9-20)28(37)34-27(30(39)40)16-18-4-14-23(15-5-18)41-17-24-25(32)2-1-3-26(24)33/h1-5,10-15,19-20,27,35H,6-9,16-17H2,(H,34,37)(H,36,38)(H,39,40)/t19?,20?,27-/m0/s1. The Morgan fingerprint density at radius 3 is 2.05 bits per heavy atom. The molecule has 216 valence electrons. The summed E-state index contributed by atoms with van der Waals surface area (Å²) in [6.45, 7) is 0.192. The van der Waals surface area contributed by atoms with E-state index in [4.69, 9.17) is 27.9 Å². The monoisotopic (exact) mass is 661 g/mol. The fourth-order valence-electron chi connectivity index (χ4n) is 4.66. The molecule has 1 aliphatic carbocycles. The molecule has 0 saturated heterocycles. The molecule has 8 nitrogen and oxygen atoms in total. The highest BCUT2D eigenvalue weighted by molar-refractivity contribution is 9.10. The van der Waals surface area contributed by atoms with E-state index in [1.807, 2.05) is 24.3 Å². The topological polar surface area (TPSA) is 117 Å². The maximum absolute atomic E-state index is 12.9. The zero-order valence-electron chi connectivity index (χ0n) is 22.0. The molecule has 4 rings (SSSR count). The minimum absolute atomic E-state index is 0.122. The molecule has 1 saturated carbocycles. The third-order valence-electron chi connectivity index (χ3n) is 7.07. The van der Waals surface area contributed by atoms with Gasteiger partial charge in [-0.25, -0.2) is 4.79 Å². The number of aliphatic carboxylic acids is 1. The van der Waals surface area contributed by atoms with E-state index in [1.165, 1.54) is 0 Å². The van der Waals surface area contributed by atoms with Crippen LogP contribution in [0.2, 0.25) is 10.0 Å². The van der Waals surface area contributed by atoms with E-state index in [0.717, 1.165) is 15.7 Å². The van der Waals surface area contributed by atoms with Gasteiger partial charge in [0.15, 0.2) is 0 Å². The van der Waals surface area contributed by atoms with Gasteiger partial charge in [-0.2, -0.15) is 0 Å². The van der Waals surface area contributed by atoms with Gasteiger partial charge in [0.2, 0.25) is 11.8 Å². The van der Waals surface area contributed by atoms with Crippen LogP contribution in [0.25, 0.3) is 0 Å². The number of ether oxygens (including phenoxy) is 1. The Kier molecular flexibility index (Phi) is 10.9. The molecule has 0 unspecified atom stereocenters. The fourth-order valence-corrected chi connectivity index (χ4v) is 5.43. The zero-order valence-corrected chi connectivity index (χ0v) is 25.1. The molecule has 2 amide bonds. The van der Waals surface area contributed by atoms with Crippen LogP contribution in [0.4, 0.5) is 5.69 Å². The smallest absolute Gasteiger partial charge is 0.326 e. The van der Waals surface area contributed by atoms with E-state index >= 15 is 0 Å². The Morgan fingerprint density at radius 2 is 1.46 bits per heavy atom. The van der Waals surface area contributed by atoms with Crippen LogP contribution in [0, 0.1) is 11.8 Å². The van der Waals surface area contributed by atoms with Gasteiger partial charge in [-0.15, -0.1) is 0 Å². The first-order valence-corrected chi connectivity index (χ1v) is 14.7. The first-order valence-electron chi connectivity index (χ1n) is 13.2. The number of benzene rings is 3. The van der Waals surface area contributed by atoms with Crippen molar-refractivity contribution in [3.8, 4) is 5.75 Å². The Bertz CT molecular complexity index is 1340. The van der Waals surface area contributed by atoms with Crippen LogP contribution in [0.3, 0.4) is 0 Å². The summed E-state index contributed by atoms with van der Waals surface area (Å²) >= 11 is 15.7. The van der Waals surface area contributed by atoms with Gasteiger partial charge in [0.1, 0.15) is 18.4 Å². The molecule has 0 bridgehead atoms. The number of hydrogen-bond donors (Lipinski definition) is 4. The molecule has 4 N–H and O–H groups in total. The number of hydrazine groups is 1. The molecule has 1 aliphatic rings. The van der Waals surface area contributed by atoms with Crippen molar-refractivity contribution >= 4 is 62.6 Å². The Labute approximate surface area is 256 Å². The number of rotatable bonds is 11. The molecule has 0 aromatic heterocycles. The van der Waals surface area contributed by atoms with E-state index < -0.39 is 12.0 Å².